The van der Waals surface area contributed by atoms with Crippen molar-refractivity contribution in [2.75, 3.05) is 5.88 Å². The first-order valence-electron chi connectivity index (χ1n) is 3.94. The summed E-state index contributed by atoms with van der Waals surface area (Å²) < 4.78 is 24.1. The van der Waals surface area contributed by atoms with Gasteiger partial charge in [-0.3, -0.25) is 0 Å². The summed E-state index contributed by atoms with van der Waals surface area (Å²) in [6, 6.07) is 0. The summed E-state index contributed by atoms with van der Waals surface area (Å²) in [6.45, 7) is 3.82. The van der Waals surface area contributed by atoms with Gasteiger partial charge in [0.2, 0.25) is 6.43 Å². The first-order chi connectivity index (χ1) is 5.10. The average Bonchev–Trinajstić information content (AvgIpc) is 2.00. The second-order valence-electron chi connectivity index (χ2n) is 2.94. The molecule has 0 aliphatic rings. The minimum atomic E-state index is -2.23. The third-order valence-corrected chi connectivity index (χ3v) is 2.94. The van der Waals surface area contributed by atoms with Gasteiger partial charge in [-0.1, -0.05) is 13.8 Å². The summed E-state index contributed by atoms with van der Waals surface area (Å²) in [5.74, 6) is 0.338. The Morgan fingerprint density at radius 3 is 1.82 bits per heavy atom. The Labute approximate surface area is 71.9 Å². The Balaban J connectivity index is 4.05. The minimum Gasteiger partial charge on any atom is -0.211 e. The van der Waals surface area contributed by atoms with Gasteiger partial charge in [0.1, 0.15) is 0 Å². The van der Waals surface area contributed by atoms with Crippen molar-refractivity contribution in [3.05, 3.63) is 0 Å². The van der Waals surface area contributed by atoms with E-state index in [0.29, 0.717) is 5.88 Å². The Morgan fingerprint density at radius 2 is 1.73 bits per heavy atom. The molecule has 0 atom stereocenters. The van der Waals surface area contributed by atoms with E-state index in [1.165, 1.54) is 0 Å². The Morgan fingerprint density at radius 1 is 1.27 bits per heavy atom. The molecular formula is C8H15ClF2. The maximum Gasteiger partial charge on any atom is 0.239 e. The third kappa shape index (κ3) is 3.37. The van der Waals surface area contributed by atoms with E-state index in [1.807, 2.05) is 13.8 Å². The van der Waals surface area contributed by atoms with Gasteiger partial charge in [0.25, 0.3) is 0 Å². The molecule has 0 aliphatic carbocycles. The molecule has 0 N–H and O–H groups in total. The lowest BCUT2D eigenvalue weighted by molar-refractivity contribution is 0.0770. The second kappa shape index (κ2) is 4.91. The Bertz CT molecular complexity index is 92.0. The molecule has 0 saturated carbocycles. The van der Waals surface area contributed by atoms with Crippen molar-refractivity contribution in [1.29, 1.82) is 0 Å². The topological polar surface area (TPSA) is 0 Å². The van der Waals surface area contributed by atoms with E-state index in [0.717, 1.165) is 12.8 Å². The van der Waals surface area contributed by atoms with Gasteiger partial charge < -0.3 is 0 Å². The second-order valence-corrected chi connectivity index (χ2v) is 3.20. The van der Waals surface area contributed by atoms with Crippen molar-refractivity contribution < 1.29 is 8.78 Å². The number of halogens is 3. The van der Waals surface area contributed by atoms with Crippen LogP contribution in [0, 0.1) is 5.41 Å². The molecule has 0 aromatic rings. The van der Waals surface area contributed by atoms with Crippen LogP contribution in [0.25, 0.3) is 0 Å². The van der Waals surface area contributed by atoms with E-state index < -0.39 is 6.43 Å². The van der Waals surface area contributed by atoms with Gasteiger partial charge in [-0.05, 0) is 18.3 Å². The molecule has 0 radical (unpaired) electrons. The first kappa shape index (κ1) is 11.2. The van der Waals surface area contributed by atoms with Crippen molar-refractivity contribution in [3.8, 4) is 0 Å². The summed E-state index contributed by atoms with van der Waals surface area (Å²) >= 11 is 5.64. The lowest BCUT2D eigenvalue weighted by Gasteiger charge is -2.28. The van der Waals surface area contributed by atoms with Crippen molar-refractivity contribution in [1.82, 2.24) is 0 Å². The van der Waals surface area contributed by atoms with Gasteiger partial charge in [0, 0.05) is 12.3 Å². The molecule has 0 aromatic heterocycles. The Kier molecular flexibility index (Phi) is 4.98. The van der Waals surface area contributed by atoms with Crippen LogP contribution in [0.1, 0.15) is 33.1 Å². The van der Waals surface area contributed by atoms with E-state index in [1.54, 1.807) is 0 Å². The molecule has 0 bridgehead atoms. The number of alkyl halides is 3. The largest absolute Gasteiger partial charge is 0.239 e. The molecule has 0 amide bonds. The zero-order valence-corrected chi connectivity index (χ0v) is 7.80. The molecule has 0 unspecified atom stereocenters. The molecule has 0 aliphatic heterocycles. The van der Waals surface area contributed by atoms with Gasteiger partial charge in [0.05, 0.1) is 0 Å². The molecular weight excluding hydrogens is 170 g/mol. The van der Waals surface area contributed by atoms with Gasteiger partial charge in [-0.25, -0.2) is 8.78 Å². The SMILES string of the molecule is CCC(CC)(CCl)CC(F)F. The van der Waals surface area contributed by atoms with Crippen LogP contribution >= 0.6 is 11.6 Å². The van der Waals surface area contributed by atoms with Crippen LogP contribution in [-0.2, 0) is 0 Å². The standard InChI is InChI=1S/C8H15ClF2/c1-3-8(4-2,6-9)5-7(10)11/h7H,3-6H2,1-2H3. The van der Waals surface area contributed by atoms with E-state index in [4.69, 9.17) is 11.6 Å². The molecule has 0 rings (SSSR count). The zero-order valence-electron chi connectivity index (χ0n) is 7.04. The van der Waals surface area contributed by atoms with Crippen LogP contribution in [-0.4, -0.2) is 12.3 Å². The highest BCUT2D eigenvalue weighted by Gasteiger charge is 2.28. The fraction of sp³-hybridized carbons (Fsp3) is 1.00. The van der Waals surface area contributed by atoms with Gasteiger partial charge in [0.15, 0.2) is 0 Å². The highest BCUT2D eigenvalue weighted by atomic mass is 35.5. The van der Waals surface area contributed by atoms with Crippen LogP contribution in [0.15, 0.2) is 0 Å². The normalized spacial score (nSPS) is 12.5. The van der Waals surface area contributed by atoms with E-state index in [9.17, 15) is 8.78 Å². The number of rotatable bonds is 5. The first-order valence-corrected chi connectivity index (χ1v) is 4.47. The molecule has 0 spiro atoms. The fourth-order valence-corrected chi connectivity index (χ4v) is 1.60. The average molecular weight is 185 g/mol. The van der Waals surface area contributed by atoms with Crippen LogP contribution in [0.3, 0.4) is 0 Å². The molecule has 0 fully saturated rings. The lowest BCUT2D eigenvalue weighted by Crippen LogP contribution is -2.24. The summed E-state index contributed by atoms with van der Waals surface area (Å²) in [7, 11) is 0. The molecule has 68 valence electrons. The van der Waals surface area contributed by atoms with Crippen molar-refractivity contribution >= 4 is 11.6 Å². The Hall–Kier alpha value is 0.150. The van der Waals surface area contributed by atoms with E-state index in [-0.39, 0.29) is 11.8 Å². The predicted molar refractivity (Wildman–Crippen MR) is 44.4 cm³/mol. The van der Waals surface area contributed by atoms with Gasteiger partial charge >= 0.3 is 0 Å². The monoisotopic (exact) mass is 184 g/mol. The van der Waals surface area contributed by atoms with Crippen molar-refractivity contribution in [2.24, 2.45) is 5.41 Å². The van der Waals surface area contributed by atoms with Crippen molar-refractivity contribution in [2.45, 2.75) is 39.5 Å². The number of hydrogen-bond acceptors (Lipinski definition) is 0. The maximum absolute atomic E-state index is 12.0. The van der Waals surface area contributed by atoms with Crippen LogP contribution in [0.2, 0.25) is 0 Å². The molecule has 3 heteroatoms. The number of hydrogen-bond donors (Lipinski definition) is 0. The smallest absolute Gasteiger partial charge is 0.211 e. The van der Waals surface area contributed by atoms with Gasteiger partial charge in [-0.15, -0.1) is 11.6 Å². The summed E-state index contributed by atoms with van der Waals surface area (Å²) in [6.07, 6.45) is -0.827. The quantitative estimate of drug-likeness (QED) is 0.572. The van der Waals surface area contributed by atoms with Crippen molar-refractivity contribution in [3.63, 3.8) is 0 Å². The molecule has 0 heterocycles. The highest BCUT2D eigenvalue weighted by molar-refractivity contribution is 6.18. The van der Waals surface area contributed by atoms with Crippen LogP contribution in [0.5, 0.6) is 0 Å². The summed E-state index contributed by atoms with van der Waals surface area (Å²) in [5.41, 5.74) is -0.338. The molecule has 0 saturated heterocycles. The maximum atomic E-state index is 12.0. The van der Waals surface area contributed by atoms with E-state index >= 15 is 0 Å². The highest BCUT2D eigenvalue weighted by Crippen LogP contribution is 2.34. The summed E-state index contributed by atoms with van der Waals surface area (Å²) in [4.78, 5) is 0. The molecule has 0 aromatic carbocycles. The van der Waals surface area contributed by atoms with Gasteiger partial charge in [-0.2, -0.15) is 0 Å². The third-order valence-electron chi connectivity index (χ3n) is 2.37. The van der Waals surface area contributed by atoms with Crippen LogP contribution in [0.4, 0.5) is 8.78 Å². The zero-order chi connectivity index (χ0) is 8.91. The summed E-state index contributed by atoms with van der Waals surface area (Å²) in [5, 5.41) is 0. The van der Waals surface area contributed by atoms with Crippen LogP contribution < -0.4 is 0 Å². The lowest BCUT2D eigenvalue weighted by atomic mass is 9.81. The predicted octanol–water partition coefficient (Wildman–Crippen LogP) is 3.69. The molecule has 0 nitrogen and oxygen atoms in total. The fourth-order valence-electron chi connectivity index (χ4n) is 1.11. The minimum absolute atomic E-state index is 0.0660. The van der Waals surface area contributed by atoms with E-state index in [2.05, 4.69) is 0 Å². The molecule has 11 heavy (non-hydrogen) atoms.